The molecule has 1 saturated heterocycles. The van der Waals surface area contributed by atoms with E-state index in [1.807, 2.05) is 0 Å². The van der Waals surface area contributed by atoms with Crippen molar-refractivity contribution in [3.63, 3.8) is 0 Å². The Labute approximate surface area is 121 Å². The number of nitrogens with one attached hydrogen (secondary N) is 1. The first-order chi connectivity index (χ1) is 9.02. The lowest BCUT2D eigenvalue weighted by molar-refractivity contribution is 0.140. The highest BCUT2D eigenvalue weighted by atomic mass is 32.2. The molecule has 0 aromatic rings. The summed E-state index contributed by atoms with van der Waals surface area (Å²) >= 11 is 1.77. The van der Waals surface area contributed by atoms with Gasteiger partial charge in [-0.05, 0) is 32.2 Å². The fourth-order valence-corrected chi connectivity index (χ4v) is 6.23. The summed E-state index contributed by atoms with van der Waals surface area (Å²) < 4.78 is 23.9. The van der Waals surface area contributed by atoms with E-state index in [0.717, 1.165) is 37.4 Å². The van der Waals surface area contributed by atoms with E-state index in [1.165, 1.54) is 19.1 Å². The molecule has 0 aromatic heterocycles. The Morgan fingerprint density at radius 2 is 1.95 bits per heavy atom. The Balaban J connectivity index is 1.96. The number of nitrogens with zero attached hydrogens (tertiary/aromatic N) is 1. The van der Waals surface area contributed by atoms with Gasteiger partial charge in [0.05, 0.1) is 0 Å². The van der Waals surface area contributed by atoms with Crippen LogP contribution in [0.4, 0.5) is 0 Å². The summed E-state index contributed by atoms with van der Waals surface area (Å²) in [6.45, 7) is 4.11. The van der Waals surface area contributed by atoms with Crippen LogP contribution in [0.1, 0.15) is 32.6 Å². The second kappa shape index (κ2) is 6.78. The Kier molecular flexibility index (Phi) is 5.57. The van der Waals surface area contributed by atoms with Crippen LogP contribution in [0.5, 0.6) is 0 Å². The van der Waals surface area contributed by atoms with Gasteiger partial charge in [0.1, 0.15) is 5.37 Å². The molecule has 2 rings (SSSR count). The van der Waals surface area contributed by atoms with Crippen LogP contribution in [0.25, 0.3) is 0 Å². The molecular formula is C13H26N2O2S2. The van der Waals surface area contributed by atoms with Crippen molar-refractivity contribution in [1.82, 2.24) is 10.2 Å². The van der Waals surface area contributed by atoms with Crippen LogP contribution in [0.2, 0.25) is 0 Å². The first-order valence-electron chi connectivity index (χ1n) is 7.28. The maximum Gasteiger partial charge on any atom is 0.164 e. The number of thioether (sulfide) groups is 1. The van der Waals surface area contributed by atoms with Gasteiger partial charge in [0.15, 0.2) is 9.84 Å². The fourth-order valence-electron chi connectivity index (χ4n) is 3.28. The van der Waals surface area contributed by atoms with Crippen LogP contribution < -0.4 is 5.32 Å². The van der Waals surface area contributed by atoms with Crippen LogP contribution in [0, 0.1) is 0 Å². The standard InChI is InChI=1S/C13H26N2O2S2/c1-3-14-11-4-6-12(7-5-11)15-8-9-18-10-13(15)19(2,16)17/h11-14H,3-10H2,1-2H3. The van der Waals surface area contributed by atoms with Gasteiger partial charge in [-0.2, -0.15) is 11.8 Å². The quantitative estimate of drug-likeness (QED) is 0.849. The molecule has 2 fully saturated rings. The molecule has 1 aliphatic carbocycles. The first-order valence-corrected chi connectivity index (χ1v) is 10.4. The van der Waals surface area contributed by atoms with E-state index in [1.54, 1.807) is 11.8 Å². The topological polar surface area (TPSA) is 49.4 Å². The van der Waals surface area contributed by atoms with Crippen LogP contribution >= 0.6 is 11.8 Å². The molecule has 1 unspecified atom stereocenters. The van der Waals surface area contributed by atoms with Crippen molar-refractivity contribution in [2.45, 2.75) is 50.1 Å². The highest BCUT2D eigenvalue weighted by Crippen LogP contribution is 2.29. The summed E-state index contributed by atoms with van der Waals surface area (Å²) in [6, 6.07) is 1.10. The third-order valence-electron chi connectivity index (χ3n) is 4.28. The molecule has 6 heteroatoms. The first kappa shape index (κ1) is 15.6. The van der Waals surface area contributed by atoms with Gasteiger partial charge in [-0.3, -0.25) is 4.90 Å². The fraction of sp³-hybridized carbons (Fsp3) is 1.00. The number of hydrogen-bond acceptors (Lipinski definition) is 5. The molecule has 1 atom stereocenters. The lowest BCUT2D eigenvalue weighted by Gasteiger charge is -2.42. The summed E-state index contributed by atoms with van der Waals surface area (Å²) in [5.41, 5.74) is 0. The van der Waals surface area contributed by atoms with Crippen molar-refractivity contribution in [2.24, 2.45) is 0 Å². The summed E-state index contributed by atoms with van der Waals surface area (Å²) in [6.07, 6.45) is 6.01. The average Bonchev–Trinajstić information content (AvgIpc) is 2.39. The van der Waals surface area contributed by atoms with Gasteiger partial charge in [0.2, 0.25) is 0 Å². The van der Waals surface area contributed by atoms with Gasteiger partial charge >= 0.3 is 0 Å². The minimum Gasteiger partial charge on any atom is -0.314 e. The molecule has 19 heavy (non-hydrogen) atoms. The molecule has 1 N–H and O–H groups in total. The van der Waals surface area contributed by atoms with Crippen molar-refractivity contribution in [3.05, 3.63) is 0 Å². The molecule has 112 valence electrons. The second-order valence-electron chi connectivity index (χ2n) is 5.66. The lowest BCUT2D eigenvalue weighted by atomic mass is 9.90. The van der Waals surface area contributed by atoms with E-state index >= 15 is 0 Å². The molecule has 1 saturated carbocycles. The molecule has 2 aliphatic rings. The second-order valence-corrected chi connectivity index (χ2v) is 9.01. The third-order valence-corrected chi connectivity index (χ3v) is 6.94. The maximum atomic E-state index is 11.9. The van der Waals surface area contributed by atoms with Gasteiger partial charge in [0, 0.05) is 36.4 Å². The SMILES string of the molecule is CCNC1CCC(N2CCSCC2S(C)(=O)=O)CC1. The Hall–Kier alpha value is 0.220. The zero-order chi connectivity index (χ0) is 13.9. The van der Waals surface area contributed by atoms with E-state index < -0.39 is 9.84 Å². The average molecular weight is 306 g/mol. The van der Waals surface area contributed by atoms with E-state index in [4.69, 9.17) is 0 Å². The summed E-state index contributed by atoms with van der Waals surface area (Å²) in [7, 11) is -2.96. The summed E-state index contributed by atoms with van der Waals surface area (Å²) in [5, 5.41) is 3.25. The number of hydrogen-bond donors (Lipinski definition) is 1. The van der Waals surface area contributed by atoms with Crippen LogP contribution in [-0.2, 0) is 9.84 Å². The molecule has 0 radical (unpaired) electrons. The Bertz CT molecular complexity index is 378. The number of sulfone groups is 1. The van der Waals surface area contributed by atoms with Gasteiger partial charge in [-0.25, -0.2) is 8.42 Å². The predicted molar refractivity (Wildman–Crippen MR) is 82.4 cm³/mol. The van der Waals surface area contributed by atoms with E-state index in [-0.39, 0.29) is 5.37 Å². The van der Waals surface area contributed by atoms with Crippen molar-refractivity contribution < 1.29 is 8.42 Å². The van der Waals surface area contributed by atoms with Gasteiger partial charge < -0.3 is 5.32 Å². The lowest BCUT2D eigenvalue weighted by Crippen LogP contribution is -2.53. The third kappa shape index (κ3) is 4.09. The van der Waals surface area contributed by atoms with Crippen molar-refractivity contribution >= 4 is 21.6 Å². The largest absolute Gasteiger partial charge is 0.314 e. The highest BCUT2D eigenvalue weighted by molar-refractivity contribution is 8.00. The zero-order valence-corrected chi connectivity index (χ0v) is 13.6. The van der Waals surface area contributed by atoms with Crippen molar-refractivity contribution in [2.75, 3.05) is 30.9 Å². The zero-order valence-electron chi connectivity index (χ0n) is 12.0. The van der Waals surface area contributed by atoms with E-state index in [9.17, 15) is 8.42 Å². The molecule has 4 nitrogen and oxygen atoms in total. The molecule has 1 heterocycles. The van der Waals surface area contributed by atoms with Gasteiger partial charge in [0.25, 0.3) is 0 Å². The Morgan fingerprint density at radius 3 is 2.53 bits per heavy atom. The molecule has 0 bridgehead atoms. The highest BCUT2D eigenvalue weighted by Gasteiger charge is 2.36. The monoisotopic (exact) mass is 306 g/mol. The Morgan fingerprint density at radius 1 is 1.26 bits per heavy atom. The summed E-state index contributed by atoms with van der Waals surface area (Å²) in [4.78, 5) is 2.27. The van der Waals surface area contributed by atoms with Crippen molar-refractivity contribution in [1.29, 1.82) is 0 Å². The minimum absolute atomic E-state index is 0.257. The predicted octanol–water partition coefficient (Wildman–Crippen LogP) is 1.33. The minimum atomic E-state index is -2.96. The molecule has 1 aliphatic heterocycles. The van der Waals surface area contributed by atoms with Crippen LogP contribution in [-0.4, -0.2) is 61.6 Å². The van der Waals surface area contributed by atoms with Crippen molar-refractivity contribution in [3.8, 4) is 0 Å². The smallest absolute Gasteiger partial charge is 0.164 e. The molecule has 0 aromatic carbocycles. The van der Waals surface area contributed by atoms with Crippen LogP contribution in [0.3, 0.4) is 0 Å². The normalized spacial score (nSPS) is 34.3. The van der Waals surface area contributed by atoms with E-state index in [2.05, 4.69) is 17.1 Å². The van der Waals surface area contributed by atoms with Gasteiger partial charge in [-0.15, -0.1) is 0 Å². The maximum absolute atomic E-state index is 11.9. The number of rotatable bonds is 4. The van der Waals surface area contributed by atoms with Crippen LogP contribution in [0.15, 0.2) is 0 Å². The van der Waals surface area contributed by atoms with Gasteiger partial charge in [-0.1, -0.05) is 6.92 Å². The summed E-state index contributed by atoms with van der Waals surface area (Å²) in [5.74, 6) is 1.81. The molecular weight excluding hydrogens is 280 g/mol. The van der Waals surface area contributed by atoms with E-state index in [0.29, 0.717) is 12.1 Å². The molecule has 0 spiro atoms. The molecule has 0 amide bonds.